The Balaban J connectivity index is 2.05. The maximum Gasteiger partial charge on any atom is 0.202 e. The first-order valence-corrected chi connectivity index (χ1v) is 9.75. The van der Waals surface area contributed by atoms with Crippen LogP contribution in [0.3, 0.4) is 0 Å². The van der Waals surface area contributed by atoms with E-state index in [0.29, 0.717) is 24.6 Å². The lowest BCUT2D eigenvalue weighted by atomic mass is 10.3. The number of hydrogen-bond donors (Lipinski definition) is 3. The number of nitrogens with one attached hydrogen (secondary N) is 2. The third kappa shape index (κ3) is 5.47. The molecule has 1 aromatic carbocycles. The zero-order valence-corrected chi connectivity index (χ0v) is 15.9. The Bertz CT molecular complexity index is 892. The van der Waals surface area contributed by atoms with Crippen molar-refractivity contribution in [2.75, 3.05) is 31.7 Å². The second-order valence-corrected chi connectivity index (χ2v) is 7.98. The number of halogens is 2. The van der Waals surface area contributed by atoms with E-state index >= 15 is 0 Å². The first kappa shape index (κ1) is 19.3. The van der Waals surface area contributed by atoms with Crippen LogP contribution < -0.4 is 15.8 Å². The van der Waals surface area contributed by atoms with Crippen LogP contribution in [-0.4, -0.2) is 46.8 Å². The Morgan fingerprint density at radius 1 is 1.44 bits per heavy atom. The van der Waals surface area contributed by atoms with Gasteiger partial charge in [-0.3, -0.25) is 0 Å². The summed E-state index contributed by atoms with van der Waals surface area (Å²) in [5, 5.41) is 10.4. The molecule has 0 amide bonds. The standard InChI is InChI=1S/C13H17BrFN7O2S/c1-17-25(2,23)19-6-5-18-13-11(21-24-22-13)12(16)20-8-3-4-10(15)9(14)7-8/h3-4,7H,5-6H2,1-2H3,(H2,16,20)(H,18,22)(H,17,19,23). The topological polar surface area (TPSA) is 131 Å². The van der Waals surface area contributed by atoms with Crippen LogP contribution in [0.2, 0.25) is 0 Å². The number of anilines is 1. The van der Waals surface area contributed by atoms with Crippen LogP contribution >= 0.6 is 15.9 Å². The molecule has 0 saturated heterocycles. The van der Waals surface area contributed by atoms with Gasteiger partial charge in [-0.05, 0) is 44.4 Å². The number of nitrogens with two attached hydrogens (primary N) is 1. The third-order valence-corrected chi connectivity index (χ3v) is 5.06. The summed E-state index contributed by atoms with van der Waals surface area (Å²) < 4.78 is 36.4. The summed E-state index contributed by atoms with van der Waals surface area (Å²) in [6.45, 7) is 0.762. The van der Waals surface area contributed by atoms with Gasteiger partial charge in [0.15, 0.2) is 11.5 Å². The third-order valence-electron chi connectivity index (χ3n) is 3.02. The summed E-state index contributed by atoms with van der Waals surface area (Å²) in [5.74, 6) is -0.0554. The van der Waals surface area contributed by atoms with Crippen LogP contribution in [0.15, 0.2) is 36.7 Å². The summed E-state index contributed by atoms with van der Waals surface area (Å²) in [7, 11) is -0.914. The minimum atomic E-state index is -2.39. The van der Waals surface area contributed by atoms with Crippen molar-refractivity contribution in [1.29, 1.82) is 0 Å². The molecule has 0 spiro atoms. The molecule has 9 nitrogen and oxygen atoms in total. The second-order valence-electron chi connectivity index (χ2n) is 4.86. The predicted molar refractivity (Wildman–Crippen MR) is 97.7 cm³/mol. The van der Waals surface area contributed by atoms with Gasteiger partial charge >= 0.3 is 0 Å². The number of aromatic nitrogens is 2. The van der Waals surface area contributed by atoms with E-state index in [2.05, 4.69) is 50.3 Å². The molecule has 4 N–H and O–H groups in total. The molecule has 0 aliphatic heterocycles. The molecule has 2 aromatic rings. The highest BCUT2D eigenvalue weighted by Crippen LogP contribution is 2.22. The molecule has 1 heterocycles. The summed E-state index contributed by atoms with van der Waals surface area (Å²) in [4.78, 5) is 4.16. The zero-order chi connectivity index (χ0) is 18.4. The molecule has 12 heteroatoms. The minimum Gasteiger partial charge on any atom is -0.382 e. The largest absolute Gasteiger partial charge is 0.382 e. The molecule has 0 aliphatic carbocycles. The highest BCUT2D eigenvalue weighted by molar-refractivity contribution is 9.10. The molecule has 2 rings (SSSR count). The van der Waals surface area contributed by atoms with E-state index in [-0.39, 0.29) is 16.0 Å². The van der Waals surface area contributed by atoms with Crippen molar-refractivity contribution in [2.45, 2.75) is 0 Å². The Morgan fingerprint density at radius 2 is 2.20 bits per heavy atom. The van der Waals surface area contributed by atoms with Crippen molar-refractivity contribution in [1.82, 2.24) is 15.0 Å². The molecule has 0 radical (unpaired) electrons. The monoisotopic (exact) mass is 433 g/mol. The van der Waals surface area contributed by atoms with Crippen LogP contribution in [0, 0.1) is 5.82 Å². The first-order chi connectivity index (χ1) is 11.8. The lowest BCUT2D eigenvalue weighted by molar-refractivity contribution is 0.308. The average molecular weight is 434 g/mol. The maximum atomic E-state index is 13.2. The molecule has 0 fully saturated rings. The molecule has 0 saturated carbocycles. The summed E-state index contributed by atoms with van der Waals surface area (Å²) in [6.07, 6.45) is 1.50. The van der Waals surface area contributed by atoms with Gasteiger partial charge in [0, 0.05) is 26.4 Å². The number of rotatable bonds is 7. The summed E-state index contributed by atoms with van der Waals surface area (Å²) >= 11 is 3.08. The van der Waals surface area contributed by atoms with Crippen molar-refractivity contribution in [3.63, 3.8) is 0 Å². The quantitative estimate of drug-likeness (QED) is 0.345. The van der Waals surface area contributed by atoms with Gasteiger partial charge in [0.25, 0.3) is 0 Å². The van der Waals surface area contributed by atoms with Crippen molar-refractivity contribution < 1.29 is 13.2 Å². The van der Waals surface area contributed by atoms with Crippen LogP contribution in [0.1, 0.15) is 5.69 Å². The number of hydrogen-bond acceptors (Lipinski definition) is 7. The Labute approximate surface area is 152 Å². The lowest BCUT2D eigenvalue weighted by Crippen LogP contribution is -2.28. The number of nitrogens with zero attached hydrogens (tertiary/aromatic N) is 4. The fourth-order valence-electron chi connectivity index (χ4n) is 1.71. The van der Waals surface area contributed by atoms with E-state index in [9.17, 15) is 8.60 Å². The molecule has 1 atom stereocenters. The smallest absolute Gasteiger partial charge is 0.202 e. The van der Waals surface area contributed by atoms with Crippen LogP contribution in [0.4, 0.5) is 15.9 Å². The van der Waals surface area contributed by atoms with E-state index in [1.165, 1.54) is 31.5 Å². The molecular formula is C13H17BrFN7O2S. The van der Waals surface area contributed by atoms with Gasteiger partial charge in [0.2, 0.25) is 5.82 Å². The van der Waals surface area contributed by atoms with Gasteiger partial charge in [-0.15, -0.1) is 0 Å². The molecule has 136 valence electrons. The van der Waals surface area contributed by atoms with Crippen LogP contribution in [0.5, 0.6) is 0 Å². The number of aliphatic imine (C=N–C) groups is 1. The molecule has 1 unspecified atom stereocenters. The number of amidine groups is 1. The van der Waals surface area contributed by atoms with Gasteiger partial charge in [-0.1, -0.05) is 0 Å². The van der Waals surface area contributed by atoms with E-state index in [0.717, 1.165) is 0 Å². The van der Waals surface area contributed by atoms with E-state index in [1.54, 1.807) is 0 Å². The van der Waals surface area contributed by atoms with E-state index in [4.69, 9.17) is 5.73 Å². The second kappa shape index (κ2) is 8.36. The van der Waals surface area contributed by atoms with Gasteiger partial charge in [0.05, 0.1) is 10.2 Å². The Kier molecular flexibility index (Phi) is 6.45. The maximum absolute atomic E-state index is 13.2. The van der Waals surface area contributed by atoms with Crippen LogP contribution in [-0.2, 0) is 9.92 Å². The summed E-state index contributed by atoms with van der Waals surface area (Å²) in [5.41, 5.74) is 6.58. The highest BCUT2D eigenvalue weighted by Gasteiger charge is 2.14. The molecule has 25 heavy (non-hydrogen) atoms. The SMILES string of the molecule is CN=S(C)(=O)NCCNc1nonc1C(N)=Nc1ccc(F)c(Br)c1. The van der Waals surface area contributed by atoms with Gasteiger partial charge in [-0.25, -0.2) is 27.3 Å². The van der Waals surface area contributed by atoms with Crippen LogP contribution in [0.25, 0.3) is 0 Å². The molecular weight excluding hydrogens is 417 g/mol. The fraction of sp³-hybridized carbons (Fsp3) is 0.308. The number of benzene rings is 1. The fourth-order valence-corrected chi connectivity index (χ4v) is 2.68. The van der Waals surface area contributed by atoms with Gasteiger partial charge in [0.1, 0.15) is 15.7 Å². The molecule has 1 aromatic heterocycles. The molecule has 0 aliphatic rings. The normalized spacial score (nSPS) is 14.2. The lowest BCUT2D eigenvalue weighted by Gasteiger charge is -2.07. The Morgan fingerprint density at radius 3 is 2.88 bits per heavy atom. The first-order valence-electron chi connectivity index (χ1n) is 7.03. The predicted octanol–water partition coefficient (Wildman–Crippen LogP) is 1.65. The van der Waals surface area contributed by atoms with E-state index in [1.807, 2.05) is 0 Å². The zero-order valence-electron chi connectivity index (χ0n) is 13.5. The van der Waals surface area contributed by atoms with Crippen molar-refractivity contribution in [3.8, 4) is 0 Å². The molecule has 0 bridgehead atoms. The van der Waals surface area contributed by atoms with Crippen molar-refractivity contribution in [2.24, 2.45) is 15.1 Å². The van der Waals surface area contributed by atoms with Gasteiger partial charge < -0.3 is 11.1 Å². The minimum absolute atomic E-state index is 0.0538. The Hall–Kier alpha value is -2.05. The van der Waals surface area contributed by atoms with E-state index < -0.39 is 15.7 Å². The summed E-state index contributed by atoms with van der Waals surface area (Å²) in [6, 6.07) is 4.23. The van der Waals surface area contributed by atoms with Crippen molar-refractivity contribution in [3.05, 3.63) is 34.2 Å². The average Bonchev–Trinajstić information content (AvgIpc) is 3.04. The van der Waals surface area contributed by atoms with Gasteiger partial charge in [-0.2, -0.15) is 0 Å². The highest BCUT2D eigenvalue weighted by atomic mass is 79.9. The van der Waals surface area contributed by atoms with Crippen molar-refractivity contribution >= 4 is 43.2 Å².